The summed E-state index contributed by atoms with van der Waals surface area (Å²) in [6.07, 6.45) is 8.97. The number of allylic oxidation sites excluding steroid dienone is 1. The van der Waals surface area contributed by atoms with Gasteiger partial charge in [0, 0.05) is 18.3 Å². The molecule has 4 aliphatic carbocycles. The molecule has 6 atom stereocenters. The number of ether oxygens (including phenoxy) is 1. The summed E-state index contributed by atoms with van der Waals surface area (Å²) in [5, 5.41) is 0. The van der Waals surface area contributed by atoms with E-state index in [1.165, 1.54) is 5.57 Å². The van der Waals surface area contributed by atoms with E-state index in [0.717, 1.165) is 32.1 Å². The monoisotopic (exact) mass is 400 g/mol. The molecule has 0 aromatic carbocycles. The third-order valence-electron chi connectivity index (χ3n) is 8.48. The summed E-state index contributed by atoms with van der Waals surface area (Å²) < 4.78 is 5.58. The van der Waals surface area contributed by atoms with Crippen molar-refractivity contribution in [2.75, 3.05) is 6.61 Å². The largest absolute Gasteiger partial charge is 0.465 e. The Morgan fingerprint density at radius 3 is 2.66 bits per heavy atom. The van der Waals surface area contributed by atoms with Crippen molar-refractivity contribution in [3.05, 3.63) is 11.6 Å². The van der Waals surface area contributed by atoms with Crippen molar-refractivity contribution in [2.45, 2.75) is 79.1 Å². The fourth-order valence-electron chi connectivity index (χ4n) is 7.18. The lowest BCUT2D eigenvalue weighted by molar-refractivity contribution is -0.156. The van der Waals surface area contributed by atoms with E-state index in [1.807, 2.05) is 26.8 Å². The van der Waals surface area contributed by atoms with Crippen molar-refractivity contribution in [2.24, 2.45) is 40.4 Å². The van der Waals surface area contributed by atoms with Crippen LogP contribution in [-0.2, 0) is 19.1 Å². The average Bonchev–Trinajstić information content (AvgIpc) is 2.97. The van der Waals surface area contributed by atoms with Crippen LogP contribution in [0.1, 0.15) is 79.1 Å². The molecule has 0 bridgehead atoms. The van der Waals surface area contributed by atoms with Gasteiger partial charge in [0.15, 0.2) is 5.78 Å². The average molecular weight is 401 g/mol. The molecule has 0 aliphatic heterocycles. The molecule has 160 valence electrons. The van der Waals surface area contributed by atoms with Crippen LogP contribution in [-0.4, -0.2) is 24.1 Å². The van der Waals surface area contributed by atoms with Gasteiger partial charge >= 0.3 is 5.97 Å². The zero-order valence-electron chi connectivity index (χ0n) is 18.5. The van der Waals surface area contributed by atoms with Gasteiger partial charge in [-0.3, -0.25) is 14.4 Å². The fourth-order valence-corrected chi connectivity index (χ4v) is 7.18. The van der Waals surface area contributed by atoms with Crippen LogP contribution in [0, 0.1) is 40.4 Å². The first kappa shape index (κ1) is 20.8. The van der Waals surface area contributed by atoms with Crippen molar-refractivity contribution in [3.8, 4) is 0 Å². The Balaban J connectivity index is 1.53. The third-order valence-corrected chi connectivity index (χ3v) is 8.48. The Labute approximate surface area is 174 Å². The van der Waals surface area contributed by atoms with E-state index in [-0.39, 0.29) is 11.4 Å². The molecule has 0 amide bonds. The smallest absolute Gasteiger partial charge is 0.311 e. The van der Waals surface area contributed by atoms with Gasteiger partial charge in [-0.25, -0.2) is 0 Å². The number of ketones is 2. The number of carbonyl (C=O) groups is 3. The minimum absolute atomic E-state index is 0.183. The lowest BCUT2D eigenvalue weighted by Gasteiger charge is -2.55. The topological polar surface area (TPSA) is 60.4 Å². The van der Waals surface area contributed by atoms with Crippen molar-refractivity contribution in [1.29, 1.82) is 0 Å². The molecule has 0 aromatic rings. The molecule has 0 saturated heterocycles. The maximum atomic E-state index is 13.1. The Morgan fingerprint density at radius 2 is 1.93 bits per heavy atom. The van der Waals surface area contributed by atoms with E-state index < -0.39 is 5.41 Å². The molecule has 4 heteroatoms. The van der Waals surface area contributed by atoms with Crippen molar-refractivity contribution >= 4 is 17.5 Å². The Bertz CT molecular complexity index is 742. The lowest BCUT2D eigenvalue weighted by Crippen LogP contribution is -2.51. The molecule has 0 spiro atoms. The predicted octanol–water partition coefficient (Wildman–Crippen LogP) is 4.90. The van der Waals surface area contributed by atoms with Crippen LogP contribution < -0.4 is 0 Å². The van der Waals surface area contributed by atoms with E-state index in [1.54, 1.807) is 0 Å². The molecule has 0 radical (unpaired) electrons. The van der Waals surface area contributed by atoms with Crippen LogP contribution in [0.5, 0.6) is 0 Å². The van der Waals surface area contributed by atoms with Gasteiger partial charge in [0.05, 0.1) is 12.0 Å². The summed E-state index contributed by atoms with van der Waals surface area (Å²) >= 11 is 0. The quantitative estimate of drug-likeness (QED) is 0.632. The normalized spacial score (nSPS) is 39.3. The molecular formula is C25H36O4. The van der Waals surface area contributed by atoms with E-state index in [9.17, 15) is 14.4 Å². The first-order valence-corrected chi connectivity index (χ1v) is 11.6. The lowest BCUT2D eigenvalue weighted by atomic mass is 9.49. The number of fused-ring (bicyclic) bond motifs is 5. The van der Waals surface area contributed by atoms with Gasteiger partial charge in [-0.15, -0.1) is 0 Å². The molecule has 0 aromatic heterocycles. The van der Waals surface area contributed by atoms with E-state index in [4.69, 9.17) is 4.74 Å². The minimum atomic E-state index is -0.506. The summed E-state index contributed by atoms with van der Waals surface area (Å²) in [7, 11) is 0. The van der Waals surface area contributed by atoms with Gasteiger partial charge in [-0.2, -0.15) is 0 Å². The Hall–Kier alpha value is -1.45. The van der Waals surface area contributed by atoms with Gasteiger partial charge in [-0.05, 0) is 95.0 Å². The summed E-state index contributed by atoms with van der Waals surface area (Å²) in [5.41, 5.74) is 0.582. The Kier molecular flexibility index (Phi) is 5.28. The second-order valence-corrected chi connectivity index (χ2v) is 11.2. The van der Waals surface area contributed by atoms with Crippen LogP contribution in [0.3, 0.4) is 0 Å². The highest BCUT2D eigenvalue weighted by atomic mass is 16.5. The number of hydrogen-bond acceptors (Lipinski definition) is 4. The van der Waals surface area contributed by atoms with Crippen LogP contribution in [0.2, 0.25) is 0 Å². The Morgan fingerprint density at radius 1 is 1.17 bits per heavy atom. The van der Waals surface area contributed by atoms with Gasteiger partial charge < -0.3 is 4.74 Å². The highest BCUT2D eigenvalue weighted by Crippen LogP contribution is 2.63. The molecular weight excluding hydrogens is 364 g/mol. The predicted molar refractivity (Wildman–Crippen MR) is 111 cm³/mol. The number of carbonyl (C=O) groups excluding carboxylic acids is 3. The van der Waals surface area contributed by atoms with E-state index >= 15 is 0 Å². The maximum Gasteiger partial charge on any atom is 0.311 e. The minimum Gasteiger partial charge on any atom is -0.465 e. The molecule has 3 saturated carbocycles. The molecule has 4 aliphatic rings. The highest BCUT2D eigenvalue weighted by molar-refractivity contribution is 5.91. The van der Waals surface area contributed by atoms with Gasteiger partial charge in [-0.1, -0.05) is 12.5 Å². The van der Waals surface area contributed by atoms with Gasteiger partial charge in [0.1, 0.15) is 5.78 Å². The zero-order valence-corrected chi connectivity index (χ0v) is 18.5. The number of Topliss-reactive ketones (excluding diaryl/α,β-unsaturated/α-hetero) is 1. The van der Waals surface area contributed by atoms with Crippen LogP contribution >= 0.6 is 0 Å². The van der Waals surface area contributed by atoms with Gasteiger partial charge in [0.2, 0.25) is 0 Å². The number of hydrogen-bond donors (Lipinski definition) is 0. The van der Waals surface area contributed by atoms with Crippen LogP contribution in [0.4, 0.5) is 0 Å². The van der Waals surface area contributed by atoms with E-state index in [2.05, 4.69) is 6.92 Å². The number of rotatable bonds is 3. The summed E-state index contributed by atoms with van der Waals surface area (Å²) in [5.74, 6) is 3.16. The van der Waals surface area contributed by atoms with Gasteiger partial charge in [0.25, 0.3) is 0 Å². The molecule has 4 nitrogen and oxygen atoms in total. The maximum absolute atomic E-state index is 13.1. The van der Waals surface area contributed by atoms with Crippen molar-refractivity contribution in [3.63, 3.8) is 0 Å². The summed E-state index contributed by atoms with van der Waals surface area (Å²) in [6.45, 7) is 8.28. The molecule has 0 heterocycles. The number of esters is 1. The first-order chi connectivity index (χ1) is 13.6. The summed E-state index contributed by atoms with van der Waals surface area (Å²) in [4.78, 5) is 37.3. The summed E-state index contributed by atoms with van der Waals surface area (Å²) in [6, 6.07) is 0. The fraction of sp³-hybridized carbons (Fsp3) is 0.800. The second kappa shape index (κ2) is 7.35. The standard InChI is InChI=1S/C25H36O4/c1-15-13-16-14-17(26)5-6-18(16)19-9-10-25(11-12-29-23(28)24(2,3)4)20(22(15)19)7-8-21(25)27/h14-15,18-20,22H,5-13H2,1-4H3/t15?,18?,19?,20?,22?,25-/m1/s1. The third kappa shape index (κ3) is 3.51. The SMILES string of the molecule is CC1CC2=CC(=O)CCC2C2CC[C@]3(CCOC(=O)C(C)(C)C)C(=O)CCC3C12. The zero-order chi connectivity index (χ0) is 21.0. The molecule has 4 rings (SSSR count). The molecule has 5 unspecified atom stereocenters. The molecule has 0 N–H and O–H groups in total. The molecule has 3 fully saturated rings. The van der Waals surface area contributed by atoms with Crippen molar-refractivity contribution < 1.29 is 19.1 Å². The van der Waals surface area contributed by atoms with Crippen LogP contribution in [0.15, 0.2) is 11.6 Å². The molecule has 29 heavy (non-hydrogen) atoms. The highest BCUT2D eigenvalue weighted by Gasteiger charge is 2.59. The van der Waals surface area contributed by atoms with Crippen LogP contribution in [0.25, 0.3) is 0 Å². The first-order valence-electron chi connectivity index (χ1n) is 11.6. The van der Waals surface area contributed by atoms with E-state index in [0.29, 0.717) is 67.0 Å². The second-order valence-electron chi connectivity index (χ2n) is 11.2. The van der Waals surface area contributed by atoms with Crippen molar-refractivity contribution in [1.82, 2.24) is 0 Å².